The maximum atomic E-state index is 6.20. The summed E-state index contributed by atoms with van der Waals surface area (Å²) in [4.78, 5) is 2.56. The summed E-state index contributed by atoms with van der Waals surface area (Å²) in [5.74, 6) is 1.13. The summed E-state index contributed by atoms with van der Waals surface area (Å²) in [6.07, 6.45) is 7.86. The van der Waals surface area contributed by atoms with Gasteiger partial charge in [-0.05, 0) is 30.9 Å². The Bertz CT molecular complexity index is 990. The molecular formula is C31H51N3O3. The highest BCUT2D eigenvalue weighted by Gasteiger charge is 2.55. The molecular weight excluding hydrogens is 462 g/mol. The number of aryl methyl sites for hydroxylation is 2. The van der Waals surface area contributed by atoms with Gasteiger partial charge in [0.1, 0.15) is 5.75 Å². The lowest BCUT2D eigenvalue weighted by atomic mass is 9.61. The average molecular weight is 514 g/mol. The van der Waals surface area contributed by atoms with Crippen molar-refractivity contribution in [3.8, 4) is 5.75 Å². The first-order valence-corrected chi connectivity index (χ1v) is 14.2. The Morgan fingerprint density at radius 1 is 0.892 bits per heavy atom. The van der Waals surface area contributed by atoms with E-state index in [9.17, 15) is 0 Å². The van der Waals surface area contributed by atoms with Gasteiger partial charge in [-0.2, -0.15) is 5.10 Å². The number of nitrogens with zero attached hydrogens (tertiary/aromatic N) is 3. The van der Waals surface area contributed by atoms with Gasteiger partial charge < -0.3 is 19.1 Å². The molecule has 1 saturated carbocycles. The van der Waals surface area contributed by atoms with Crippen LogP contribution in [0.3, 0.4) is 0 Å². The van der Waals surface area contributed by atoms with Crippen molar-refractivity contribution in [2.45, 2.75) is 103 Å². The molecule has 2 aromatic rings. The van der Waals surface area contributed by atoms with Crippen LogP contribution in [0.4, 0.5) is 5.69 Å². The molecule has 3 rings (SSSR count). The monoisotopic (exact) mass is 513 g/mol. The van der Waals surface area contributed by atoms with Crippen molar-refractivity contribution in [1.82, 2.24) is 9.78 Å². The fraction of sp³-hybridized carbons (Fsp3) is 0.710. The molecule has 0 radical (unpaired) electrons. The molecule has 1 aromatic carbocycles. The average Bonchev–Trinajstić information content (AvgIpc) is 3.25. The fourth-order valence-corrected chi connectivity index (χ4v) is 6.00. The van der Waals surface area contributed by atoms with Crippen LogP contribution in [0.15, 0.2) is 18.3 Å². The van der Waals surface area contributed by atoms with Gasteiger partial charge in [0, 0.05) is 80.7 Å². The molecule has 208 valence electrons. The second-order valence-corrected chi connectivity index (χ2v) is 11.6. The molecule has 0 N–H and O–H groups in total. The van der Waals surface area contributed by atoms with Crippen molar-refractivity contribution in [3.63, 3.8) is 0 Å². The number of unbranched alkanes of at least 4 members (excludes halogenated alkanes) is 2. The fourth-order valence-electron chi connectivity index (χ4n) is 6.00. The normalized spacial score (nSPS) is 21.7. The molecule has 1 fully saturated rings. The maximum Gasteiger partial charge on any atom is 0.124 e. The first kappa shape index (κ1) is 29.5. The van der Waals surface area contributed by atoms with Gasteiger partial charge in [0.25, 0.3) is 0 Å². The van der Waals surface area contributed by atoms with E-state index in [1.165, 1.54) is 48.1 Å². The minimum atomic E-state index is -0.0621. The molecule has 0 spiro atoms. The SMILES string of the molecule is CCCCN(CCCC)c1cc(OC)c(C2C(OC)C(c3cn(C)nc3C(C)(C)C)C2OC)cc1CC. The third-order valence-electron chi connectivity index (χ3n) is 7.96. The number of rotatable bonds is 13. The second-order valence-electron chi connectivity index (χ2n) is 11.6. The van der Waals surface area contributed by atoms with Crippen LogP contribution < -0.4 is 9.64 Å². The molecule has 37 heavy (non-hydrogen) atoms. The van der Waals surface area contributed by atoms with Gasteiger partial charge in [0.05, 0.1) is 25.0 Å². The summed E-state index contributed by atoms with van der Waals surface area (Å²) < 4.78 is 20.4. The molecule has 0 aliphatic heterocycles. The van der Waals surface area contributed by atoms with Gasteiger partial charge in [-0.25, -0.2) is 0 Å². The van der Waals surface area contributed by atoms with Gasteiger partial charge in [0.2, 0.25) is 0 Å². The predicted octanol–water partition coefficient (Wildman–Crippen LogP) is 6.61. The molecule has 1 aliphatic rings. The van der Waals surface area contributed by atoms with Crippen LogP contribution >= 0.6 is 0 Å². The van der Waals surface area contributed by atoms with E-state index in [4.69, 9.17) is 19.3 Å². The van der Waals surface area contributed by atoms with Crippen LogP contribution in [0.2, 0.25) is 0 Å². The van der Waals surface area contributed by atoms with Crippen LogP contribution in [0, 0.1) is 0 Å². The van der Waals surface area contributed by atoms with E-state index in [2.05, 4.69) is 64.8 Å². The Morgan fingerprint density at radius 3 is 1.92 bits per heavy atom. The summed E-state index contributed by atoms with van der Waals surface area (Å²) in [7, 11) is 7.43. The Balaban J connectivity index is 2.06. The van der Waals surface area contributed by atoms with Crippen LogP contribution in [0.25, 0.3) is 0 Å². The topological polar surface area (TPSA) is 48.8 Å². The van der Waals surface area contributed by atoms with Crippen LogP contribution in [0.5, 0.6) is 5.75 Å². The largest absolute Gasteiger partial charge is 0.496 e. The summed E-state index contributed by atoms with van der Waals surface area (Å²) in [6, 6.07) is 4.64. The summed E-state index contributed by atoms with van der Waals surface area (Å²) in [5, 5.41) is 4.84. The van der Waals surface area contributed by atoms with Gasteiger partial charge >= 0.3 is 0 Å². The first-order chi connectivity index (χ1) is 17.7. The van der Waals surface area contributed by atoms with E-state index in [1.54, 1.807) is 7.11 Å². The highest BCUT2D eigenvalue weighted by atomic mass is 16.5. The van der Waals surface area contributed by atoms with Gasteiger partial charge in [-0.3, -0.25) is 4.68 Å². The highest BCUT2D eigenvalue weighted by molar-refractivity contribution is 5.62. The van der Waals surface area contributed by atoms with Gasteiger partial charge in [-0.1, -0.05) is 54.4 Å². The Morgan fingerprint density at radius 2 is 1.46 bits per heavy atom. The summed E-state index contributed by atoms with van der Waals surface area (Å²) in [6.45, 7) is 15.6. The Labute approximate surface area is 225 Å². The van der Waals surface area contributed by atoms with Gasteiger partial charge in [0.15, 0.2) is 0 Å². The van der Waals surface area contributed by atoms with Crippen molar-refractivity contribution in [3.05, 3.63) is 40.7 Å². The van der Waals surface area contributed by atoms with Crippen molar-refractivity contribution in [2.24, 2.45) is 7.05 Å². The van der Waals surface area contributed by atoms with E-state index in [-0.39, 0.29) is 29.5 Å². The predicted molar refractivity (Wildman–Crippen MR) is 153 cm³/mol. The lowest BCUT2D eigenvalue weighted by Gasteiger charge is -2.51. The smallest absolute Gasteiger partial charge is 0.124 e. The van der Waals surface area contributed by atoms with Crippen molar-refractivity contribution in [1.29, 1.82) is 0 Å². The highest BCUT2D eigenvalue weighted by Crippen LogP contribution is 2.55. The number of ether oxygens (including phenoxy) is 3. The molecule has 2 unspecified atom stereocenters. The molecule has 6 nitrogen and oxygen atoms in total. The zero-order valence-corrected chi connectivity index (χ0v) is 25.1. The molecule has 1 aromatic heterocycles. The van der Waals surface area contributed by atoms with Gasteiger partial charge in [-0.15, -0.1) is 0 Å². The number of anilines is 1. The third kappa shape index (κ3) is 6.01. The lowest BCUT2D eigenvalue weighted by Crippen LogP contribution is -2.54. The first-order valence-electron chi connectivity index (χ1n) is 14.2. The molecule has 2 atom stereocenters. The molecule has 1 heterocycles. The van der Waals surface area contributed by atoms with Crippen LogP contribution in [0.1, 0.15) is 101 Å². The Hall–Kier alpha value is -2.05. The lowest BCUT2D eigenvalue weighted by molar-refractivity contribution is -0.116. The number of hydrogen-bond donors (Lipinski definition) is 0. The van der Waals surface area contributed by atoms with Crippen molar-refractivity contribution >= 4 is 5.69 Å². The summed E-state index contributed by atoms with van der Waals surface area (Å²) >= 11 is 0. The number of benzene rings is 1. The maximum absolute atomic E-state index is 6.20. The van der Waals surface area contributed by atoms with Crippen molar-refractivity contribution < 1.29 is 14.2 Å². The molecule has 0 saturated heterocycles. The van der Waals surface area contributed by atoms with Crippen molar-refractivity contribution in [2.75, 3.05) is 39.3 Å². The minimum absolute atomic E-state index is 0.0176. The summed E-state index contributed by atoms with van der Waals surface area (Å²) in [5.41, 5.74) is 6.14. The van der Waals surface area contributed by atoms with E-state index >= 15 is 0 Å². The zero-order valence-electron chi connectivity index (χ0n) is 25.1. The Kier molecular flexibility index (Phi) is 10.1. The van der Waals surface area contributed by atoms with Crippen LogP contribution in [-0.4, -0.2) is 56.4 Å². The second kappa shape index (κ2) is 12.7. The minimum Gasteiger partial charge on any atom is -0.496 e. The van der Waals surface area contributed by atoms with E-state index in [0.717, 1.165) is 31.0 Å². The third-order valence-corrected chi connectivity index (χ3v) is 7.96. The van der Waals surface area contributed by atoms with E-state index < -0.39 is 0 Å². The molecule has 6 heteroatoms. The number of hydrogen-bond acceptors (Lipinski definition) is 5. The number of methoxy groups -OCH3 is 3. The molecule has 1 aliphatic carbocycles. The number of aromatic nitrogens is 2. The standard InChI is InChI=1S/C31H51N3O3/c1-11-14-16-34(17-15-12-2)24-19-25(35-8)22(18-21(24)13-3)26-28(36-9)27(29(26)37-10)23-20-33(7)32-30(23)31(4,5)6/h18-20,26-29H,11-17H2,1-10H3. The molecule has 0 bridgehead atoms. The van der Waals surface area contributed by atoms with E-state index in [1.807, 2.05) is 25.9 Å². The molecule has 0 amide bonds. The quantitative estimate of drug-likeness (QED) is 0.302. The zero-order chi connectivity index (χ0) is 27.3. The van der Waals surface area contributed by atoms with Crippen LogP contribution in [-0.2, 0) is 28.4 Å². The van der Waals surface area contributed by atoms with E-state index in [0.29, 0.717) is 0 Å².